The third kappa shape index (κ3) is 3.50. The van der Waals surface area contributed by atoms with Gasteiger partial charge in [-0.25, -0.2) is 0 Å². The van der Waals surface area contributed by atoms with Gasteiger partial charge in [0, 0.05) is 28.3 Å². The highest BCUT2D eigenvalue weighted by Gasteiger charge is 2.11. The monoisotopic (exact) mass is 359 g/mol. The molecule has 0 saturated carbocycles. The predicted molar refractivity (Wildman–Crippen MR) is 95.1 cm³/mol. The Hall–Kier alpha value is -2.56. The van der Waals surface area contributed by atoms with Crippen LogP contribution in [0.2, 0.25) is 10.0 Å². The van der Waals surface area contributed by atoms with E-state index in [9.17, 15) is 10.1 Å². The Kier molecular flexibility index (Phi) is 4.69. The number of nitrogens with zero attached hydrogens (tertiary/aromatic N) is 1. The molecular weight excluding hydrogens is 349 g/mol. The summed E-state index contributed by atoms with van der Waals surface area (Å²) >= 11 is 12.2. The number of hydrogen-bond donors (Lipinski definition) is 0. The van der Waals surface area contributed by atoms with Crippen LogP contribution in [0, 0.1) is 10.1 Å². The fraction of sp³-hybridized carbons (Fsp3) is 0. The first-order valence-corrected chi connectivity index (χ1v) is 7.77. The summed E-state index contributed by atoms with van der Waals surface area (Å²) in [5.41, 5.74) is 1.60. The molecular formula is C18H11Cl2NO3. The molecule has 3 aromatic rings. The lowest BCUT2D eigenvalue weighted by Gasteiger charge is -2.12. The Morgan fingerprint density at radius 2 is 1.58 bits per heavy atom. The summed E-state index contributed by atoms with van der Waals surface area (Å²) in [6, 6.07) is 18.6. The lowest BCUT2D eigenvalue weighted by Crippen LogP contribution is -1.90. The summed E-state index contributed by atoms with van der Waals surface area (Å²) in [4.78, 5) is 10.3. The quantitative estimate of drug-likeness (QED) is 0.402. The number of nitro benzene ring substituents is 1. The van der Waals surface area contributed by atoms with Crippen molar-refractivity contribution < 1.29 is 9.66 Å². The van der Waals surface area contributed by atoms with Crippen molar-refractivity contribution in [1.82, 2.24) is 0 Å². The Labute approximate surface area is 148 Å². The van der Waals surface area contributed by atoms with E-state index in [1.54, 1.807) is 24.3 Å². The van der Waals surface area contributed by atoms with E-state index in [4.69, 9.17) is 27.9 Å². The molecule has 0 aliphatic heterocycles. The third-order valence-electron chi connectivity index (χ3n) is 3.38. The molecule has 0 amide bonds. The number of hydrogen-bond acceptors (Lipinski definition) is 3. The molecule has 0 heterocycles. The van der Waals surface area contributed by atoms with Crippen LogP contribution in [-0.4, -0.2) is 4.92 Å². The molecule has 0 aromatic heterocycles. The smallest absolute Gasteiger partial charge is 0.269 e. The van der Waals surface area contributed by atoms with Gasteiger partial charge in [-0.05, 0) is 30.3 Å². The maximum atomic E-state index is 10.7. The molecule has 0 N–H and O–H groups in total. The zero-order valence-corrected chi connectivity index (χ0v) is 13.8. The van der Waals surface area contributed by atoms with Crippen LogP contribution in [0.4, 0.5) is 5.69 Å². The number of benzene rings is 3. The highest BCUT2D eigenvalue weighted by molar-refractivity contribution is 6.36. The van der Waals surface area contributed by atoms with Gasteiger partial charge in [-0.1, -0.05) is 47.5 Å². The Morgan fingerprint density at radius 1 is 0.875 bits per heavy atom. The minimum Gasteiger partial charge on any atom is -0.457 e. The van der Waals surface area contributed by atoms with Gasteiger partial charge >= 0.3 is 0 Å². The van der Waals surface area contributed by atoms with E-state index >= 15 is 0 Å². The largest absolute Gasteiger partial charge is 0.457 e. The molecule has 0 radical (unpaired) electrons. The van der Waals surface area contributed by atoms with Gasteiger partial charge in [-0.3, -0.25) is 10.1 Å². The van der Waals surface area contributed by atoms with Crippen molar-refractivity contribution in [2.45, 2.75) is 0 Å². The standard InChI is InChI=1S/C18H11Cl2NO3/c19-12-5-10-15(17(20)11-12)16-3-1-2-4-18(16)24-14-8-6-13(7-9-14)21(22)23/h1-11H. The van der Waals surface area contributed by atoms with E-state index in [2.05, 4.69) is 0 Å². The molecule has 0 aliphatic carbocycles. The van der Waals surface area contributed by atoms with Crippen molar-refractivity contribution in [3.8, 4) is 22.6 Å². The second-order valence-electron chi connectivity index (χ2n) is 4.97. The number of nitro groups is 1. The van der Waals surface area contributed by atoms with E-state index in [0.717, 1.165) is 11.1 Å². The molecule has 0 fully saturated rings. The number of para-hydroxylation sites is 1. The van der Waals surface area contributed by atoms with Crippen LogP contribution in [0.3, 0.4) is 0 Å². The van der Waals surface area contributed by atoms with Gasteiger partial charge in [0.25, 0.3) is 5.69 Å². The van der Waals surface area contributed by atoms with Crippen molar-refractivity contribution in [1.29, 1.82) is 0 Å². The highest BCUT2D eigenvalue weighted by atomic mass is 35.5. The molecule has 0 unspecified atom stereocenters. The van der Waals surface area contributed by atoms with Crippen LogP contribution >= 0.6 is 23.2 Å². The minimum absolute atomic E-state index is 0.0105. The first-order chi connectivity index (χ1) is 11.5. The van der Waals surface area contributed by atoms with Crippen molar-refractivity contribution in [2.24, 2.45) is 0 Å². The number of ether oxygens (including phenoxy) is 1. The molecule has 0 saturated heterocycles. The molecule has 0 spiro atoms. The van der Waals surface area contributed by atoms with Crippen LogP contribution in [0.25, 0.3) is 11.1 Å². The van der Waals surface area contributed by atoms with Crippen molar-refractivity contribution >= 4 is 28.9 Å². The summed E-state index contributed by atoms with van der Waals surface area (Å²) in [6.07, 6.45) is 0. The van der Waals surface area contributed by atoms with Crippen LogP contribution in [0.5, 0.6) is 11.5 Å². The summed E-state index contributed by atoms with van der Waals surface area (Å²) in [7, 11) is 0. The minimum atomic E-state index is -0.453. The second kappa shape index (κ2) is 6.91. The molecule has 3 aromatic carbocycles. The normalized spacial score (nSPS) is 10.4. The predicted octanol–water partition coefficient (Wildman–Crippen LogP) is 6.36. The summed E-state index contributed by atoms with van der Waals surface area (Å²) < 4.78 is 5.87. The van der Waals surface area contributed by atoms with Crippen LogP contribution in [0.15, 0.2) is 66.7 Å². The molecule has 3 rings (SSSR count). The highest BCUT2D eigenvalue weighted by Crippen LogP contribution is 2.38. The number of rotatable bonds is 4. The lowest BCUT2D eigenvalue weighted by atomic mass is 10.0. The molecule has 6 heteroatoms. The summed E-state index contributed by atoms with van der Waals surface area (Å²) in [6.45, 7) is 0. The molecule has 0 atom stereocenters. The van der Waals surface area contributed by atoms with Crippen molar-refractivity contribution in [2.75, 3.05) is 0 Å². The van der Waals surface area contributed by atoms with Gasteiger partial charge in [-0.2, -0.15) is 0 Å². The SMILES string of the molecule is O=[N+]([O-])c1ccc(Oc2ccccc2-c2ccc(Cl)cc2Cl)cc1. The van der Waals surface area contributed by atoms with Crippen LogP contribution < -0.4 is 4.74 Å². The zero-order valence-electron chi connectivity index (χ0n) is 12.3. The molecule has 4 nitrogen and oxygen atoms in total. The topological polar surface area (TPSA) is 52.4 Å². The van der Waals surface area contributed by atoms with Gasteiger partial charge in [0.05, 0.1) is 9.95 Å². The Bertz CT molecular complexity index is 895. The van der Waals surface area contributed by atoms with E-state index in [1.165, 1.54) is 12.1 Å². The van der Waals surface area contributed by atoms with Crippen molar-refractivity contribution in [3.05, 3.63) is 86.9 Å². The Balaban J connectivity index is 1.96. The van der Waals surface area contributed by atoms with Gasteiger partial charge in [0.1, 0.15) is 11.5 Å². The van der Waals surface area contributed by atoms with E-state index in [-0.39, 0.29) is 5.69 Å². The molecule has 0 bridgehead atoms. The maximum absolute atomic E-state index is 10.7. The zero-order chi connectivity index (χ0) is 17.1. The molecule has 24 heavy (non-hydrogen) atoms. The number of halogens is 2. The second-order valence-corrected chi connectivity index (χ2v) is 5.82. The van der Waals surface area contributed by atoms with Gasteiger partial charge in [0.15, 0.2) is 0 Å². The van der Waals surface area contributed by atoms with Gasteiger partial charge in [-0.15, -0.1) is 0 Å². The first-order valence-electron chi connectivity index (χ1n) is 7.01. The first kappa shape index (κ1) is 16.3. The maximum Gasteiger partial charge on any atom is 0.269 e. The van der Waals surface area contributed by atoms with E-state index in [0.29, 0.717) is 21.5 Å². The Morgan fingerprint density at radius 3 is 2.25 bits per heavy atom. The fourth-order valence-electron chi connectivity index (χ4n) is 2.25. The third-order valence-corrected chi connectivity index (χ3v) is 3.93. The average molecular weight is 360 g/mol. The van der Waals surface area contributed by atoms with Gasteiger partial charge < -0.3 is 4.74 Å². The number of non-ortho nitro benzene ring substituents is 1. The fourth-order valence-corrected chi connectivity index (χ4v) is 2.76. The van der Waals surface area contributed by atoms with E-state index < -0.39 is 4.92 Å². The van der Waals surface area contributed by atoms with Gasteiger partial charge in [0.2, 0.25) is 0 Å². The average Bonchev–Trinajstić information content (AvgIpc) is 2.56. The molecule has 120 valence electrons. The van der Waals surface area contributed by atoms with Crippen LogP contribution in [-0.2, 0) is 0 Å². The summed E-state index contributed by atoms with van der Waals surface area (Å²) in [5, 5.41) is 11.8. The van der Waals surface area contributed by atoms with Crippen LogP contribution in [0.1, 0.15) is 0 Å². The summed E-state index contributed by atoms with van der Waals surface area (Å²) in [5.74, 6) is 1.09. The van der Waals surface area contributed by atoms with Crippen molar-refractivity contribution in [3.63, 3.8) is 0 Å². The van der Waals surface area contributed by atoms with E-state index in [1.807, 2.05) is 30.3 Å². The lowest BCUT2D eigenvalue weighted by molar-refractivity contribution is -0.384. The molecule has 0 aliphatic rings.